The van der Waals surface area contributed by atoms with Crippen LogP contribution in [0.25, 0.3) is 0 Å². The number of piperidine rings is 1. The second-order valence-corrected chi connectivity index (χ2v) is 4.47. The van der Waals surface area contributed by atoms with Crippen LogP contribution in [0.4, 0.5) is 5.95 Å². The summed E-state index contributed by atoms with van der Waals surface area (Å²) in [6, 6.07) is 1.78. The lowest BCUT2D eigenvalue weighted by atomic mass is 10.1. The molecule has 1 aliphatic heterocycles. The third-order valence-electron chi connectivity index (χ3n) is 3.11. The standard InChI is InChI=1S/C13H22N4O2/c1-2-18-12-3-7-15-13(16-12)17-8-4-11(5-9-17)19-10-6-14/h3,7,11H,2,4-6,8-10,14H2,1H3. The van der Waals surface area contributed by atoms with Crippen LogP contribution in [0.2, 0.25) is 0 Å². The van der Waals surface area contributed by atoms with E-state index in [1.54, 1.807) is 12.3 Å². The zero-order valence-corrected chi connectivity index (χ0v) is 11.4. The zero-order chi connectivity index (χ0) is 13.5. The van der Waals surface area contributed by atoms with Gasteiger partial charge in [0.2, 0.25) is 11.8 Å². The van der Waals surface area contributed by atoms with Gasteiger partial charge in [0.05, 0.1) is 19.3 Å². The lowest BCUT2D eigenvalue weighted by Gasteiger charge is -2.31. The van der Waals surface area contributed by atoms with Crippen molar-refractivity contribution in [2.24, 2.45) is 5.73 Å². The van der Waals surface area contributed by atoms with Gasteiger partial charge in [-0.1, -0.05) is 0 Å². The Hall–Kier alpha value is -1.40. The van der Waals surface area contributed by atoms with Gasteiger partial charge in [0.25, 0.3) is 0 Å². The van der Waals surface area contributed by atoms with Crippen LogP contribution in [0.1, 0.15) is 19.8 Å². The number of hydrogen-bond donors (Lipinski definition) is 1. The van der Waals surface area contributed by atoms with Crippen molar-refractivity contribution in [3.8, 4) is 5.88 Å². The van der Waals surface area contributed by atoms with Gasteiger partial charge < -0.3 is 20.1 Å². The van der Waals surface area contributed by atoms with E-state index in [4.69, 9.17) is 15.2 Å². The van der Waals surface area contributed by atoms with E-state index >= 15 is 0 Å². The summed E-state index contributed by atoms with van der Waals surface area (Å²) in [6.07, 6.45) is 4.03. The van der Waals surface area contributed by atoms with E-state index in [0.29, 0.717) is 31.7 Å². The number of hydrogen-bond acceptors (Lipinski definition) is 6. The number of anilines is 1. The second kappa shape index (κ2) is 7.25. The summed E-state index contributed by atoms with van der Waals surface area (Å²) in [6.45, 7) is 5.60. The van der Waals surface area contributed by atoms with Gasteiger partial charge in [-0.25, -0.2) is 4.98 Å². The van der Waals surface area contributed by atoms with Gasteiger partial charge in [-0.05, 0) is 19.8 Å². The fourth-order valence-corrected chi connectivity index (χ4v) is 2.17. The first kappa shape index (κ1) is 14.0. The highest BCUT2D eigenvalue weighted by molar-refractivity contribution is 5.32. The molecule has 0 radical (unpaired) electrons. The summed E-state index contributed by atoms with van der Waals surface area (Å²) in [5.74, 6) is 1.37. The van der Waals surface area contributed by atoms with Crippen LogP contribution in [0.5, 0.6) is 5.88 Å². The predicted molar refractivity (Wildman–Crippen MR) is 73.4 cm³/mol. The topological polar surface area (TPSA) is 73.5 Å². The SMILES string of the molecule is CCOc1ccnc(N2CCC(OCCN)CC2)n1. The maximum atomic E-state index is 5.66. The van der Waals surface area contributed by atoms with E-state index < -0.39 is 0 Å². The molecule has 0 saturated carbocycles. The van der Waals surface area contributed by atoms with Gasteiger partial charge in [-0.2, -0.15) is 4.98 Å². The maximum absolute atomic E-state index is 5.66. The molecule has 0 bridgehead atoms. The lowest BCUT2D eigenvalue weighted by molar-refractivity contribution is 0.0420. The van der Waals surface area contributed by atoms with Crippen molar-refractivity contribution in [2.45, 2.75) is 25.9 Å². The quantitative estimate of drug-likeness (QED) is 0.821. The molecule has 1 saturated heterocycles. The van der Waals surface area contributed by atoms with Gasteiger partial charge in [0.1, 0.15) is 0 Å². The van der Waals surface area contributed by atoms with E-state index in [2.05, 4.69) is 14.9 Å². The molecule has 1 fully saturated rings. The van der Waals surface area contributed by atoms with Gasteiger partial charge in [0.15, 0.2) is 0 Å². The minimum Gasteiger partial charge on any atom is -0.478 e. The van der Waals surface area contributed by atoms with Crippen LogP contribution in [-0.2, 0) is 4.74 Å². The molecule has 0 unspecified atom stereocenters. The molecule has 0 aliphatic carbocycles. The fourth-order valence-electron chi connectivity index (χ4n) is 2.17. The van der Waals surface area contributed by atoms with Gasteiger partial charge in [0, 0.05) is 31.9 Å². The average molecular weight is 266 g/mol. The second-order valence-electron chi connectivity index (χ2n) is 4.47. The first-order chi connectivity index (χ1) is 9.33. The molecule has 1 aromatic heterocycles. The van der Waals surface area contributed by atoms with E-state index in [1.807, 2.05) is 6.92 Å². The number of rotatable bonds is 6. The molecule has 1 aliphatic rings. The van der Waals surface area contributed by atoms with Crippen LogP contribution < -0.4 is 15.4 Å². The molecule has 106 valence electrons. The summed E-state index contributed by atoms with van der Waals surface area (Å²) in [4.78, 5) is 10.9. The van der Waals surface area contributed by atoms with Crippen molar-refractivity contribution in [1.29, 1.82) is 0 Å². The normalized spacial score (nSPS) is 16.6. The Morgan fingerprint density at radius 3 is 2.89 bits per heavy atom. The maximum Gasteiger partial charge on any atom is 0.228 e. The Bertz CT molecular complexity index is 381. The summed E-state index contributed by atoms with van der Waals surface area (Å²) < 4.78 is 11.1. The molecule has 0 aromatic carbocycles. The van der Waals surface area contributed by atoms with Crippen molar-refractivity contribution >= 4 is 5.95 Å². The van der Waals surface area contributed by atoms with E-state index in [9.17, 15) is 0 Å². The van der Waals surface area contributed by atoms with Crippen molar-refractivity contribution in [3.63, 3.8) is 0 Å². The van der Waals surface area contributed by atoms with E-state index in [1.165, 1.54) is 0 Å². The number of ether oxygens (including phenoxy) is 2. The van der Waals surface area contributed by atoms with Crippen molar-refractivity contribution in [3.05, 3.63) is 12.3 Å². The number of nitrogens with two attached hydrogens (primary N) is 1. The Morgan fingerprint density at radius 2 is 2.21 bits per heavy atom. The van der Waals surface area contributed by atoms with Gasteiger partial charge in [-0.15, -0.1) is 0 Å². The minimum atomic E-state index is 0.315. The van der Waals surface area contributed by atoms with Crippen molar-refractivity contribution in [1.82, 2.24) is 9.97 Å². The Balaban J connectivity index is 1.88. The molecule has 2 heterocycles. The molecule has 19 heavy (non-hydrogen) atoms. The third kappa shape index (κ3) is 4.04. The smallest absolute Gasteiger partial charge is 0.228 e. The first-order valence-electron chi connectivity index (χ1n) is 6.86. The van der Waals surface area contributed by atoms with Crippen LogP contribution in [0.15, 0.2) is 12.3 Å². The summed E-state index contributed by atoms with van der Waals surface area (Å²) in [5, 5.41) is 0. The van der Waals surface area contributed by atoms with Gasteiger partial charge in [-0.3, -0.25) is 0 Å². The molecule has 2 rings (SSSR count). The molecule has 2 N–H and O–H groups in total. The highest BCUT2D eigenvalue weighted by Gasteiger charge is 2.21. The summed E-state index contributed by atoms with van der Waals surface area (Å²) in [5.41, 5.74) is 5.44. The Morgan fingerprint density at radius 1 is 1.42 bits per heavy atom. The van der Waals surface area contributed by atoms with Crippen LogP contribution in [0.3, 0.4) is 0 Å². The molecular weight excluding hydrogens is 244 g/mol. The zero-order valence-electron chi connectivity index (χ0n) is 11.4. The molecule has 1 aromatic rings. The fraction of sp³-hybridized carbons (Fsp3) is 0.692. The molecule has 6 heteroatoms. The first-order valence-corrected chi connectivity index (χ1v) is 6.86. The van der Waals surface area contributed by atoms with Crippen molar-refractivity contribution < 1.29 is 9.47 Å². The summed E-state index contributed by atoms with van der Waals surface area (Å²) >= 11 is 0. The largest absolute Gasteiger partial charge is 0.478 e. The average Bonchev–Trinajstić information content (AvgIpc) is 2.46. The lowest BCUT2D eigenvalue weighted by Crippen LogP contribution is -2.38. The van der Waals surface area contributed by atoms with Crippen LogP contribution >= 0.6 is 0 Å². The number of aromatic nitrogens is 2. The van der Waals surface area contributed by atoms with Crippen LogP contribution in [0, 0.1) is 0 Å². The van der Waals surface area contributed by atoms with E-state index in [-0.39, 0.29) is 0 Å². The third-order valence-corrected chi connectivity index (χ3v) is 3.11. The van der Waals surface area contributed by atoms with Crippen molar-refractivity contribution in [2.75, 3.05) is 37.7 Å². The van der Waals surface area contributed by atoms with E-state index in [0.717, 1.165) is 31.9 Å². The predicted octanol–water partition coefficient (Wildman–Crippen LogP) is 0.819. The van der Waals surface area contributed by atoms with Gasteiger partial charge >= 0.3 is 0 Å². The molecule has 0 atom stereocenters. The highest BCUT2D eigenvalue weighted by atomic mass is 16.5. The van der Waals surface area contributed by atoms with Crippen LogP contribution in [-0.4, -0.2) is 48.9 Å². The molecule has 0 spiro atoms. The highest BCUT2D eigenvalue weighted by Crippen LogP contribution is 2.19. The minimum absolute atomic E-state index is 0.315. The summed E-state index contributed by atoms with van der Waals surface area (Å²) in [7, 11) is 0. The monoisotopic (exact) mass is 266 g/mol. The molecule has 6 nitrogen and oxygen atoms in total. The Kier molecular flexibility index (Phi) is 5.35. The molecular formula is C13H22N4O2. The molecule has 0 amide bonds. The Labute approximate surface area is 113 Å². The number of nitrogens with zero attached hydrogens (tertiary/aromatic N) is 3.